The highest BCUT2D eigenvalue weighted by Gasteiger charge is 2.31. The number of hydrogen-bond acceptors (Lipinski definition) is 5. The molecule has 0 saturated carbocycles. The Kier molecular flexibility index (Phi) is 5.82. The van der Waals surface area contributed by atoms with Gasteiger partial charge in [-0.3, -0.25) is 4.79 Å². The van der Waals surface area contributed by atoms with Crippen LogP contribution in [0.2, 0.25) is 0 Å². The van der Waals surface area contributed by atoms with E-state index >= 15 is 0 Å². The number of amides is 3. The number of carbonyl (C=O) groups is 3. The fourth-order valence-corrected chi connectivity index (χ4v) is 3.11. The van der Waals surface area contributed by atoms with Gasteiger partial charge in [0.15, 0.2) is 0 Å². The van der Waals surface area contributed by atoms with E-state index in [1.54, 1.807) is 55.5 Å². The molecule has 29 heavy (non-hydrogen) atoms. The number of benzene rings is 2. The Labute approximate surface area is 167 Å². The van der Waals surface area contributed by atoms with Crippen molar-refractivity contribution in [1.82, 2.24) is 10.6 Å². The summed E-state index contributed by atoms with van der Waals surface area (Å²) in [5, 5.41) is 8.21. The van der Waals surface area contributed by atoms with Crippen LogP contribution in [0.1, 0.15) is 28.9 Å². The minimum atomic E-state index is -0.690. The number of nitrogens with one attached hydrogen (secondary N) is 3. The zero-order valence-electron chi connectivity index (χ0n) is 16.2. The number of carbonyl (C=O) groups excluding carboxylic acids is 3. The first-order valence-electron chi connectivity index (χ1n) is 8.85. The minimum absolute atomic E-state index is 0.348. The maximum atomic E-state index is 13.1. The first-order chi connectivity index (χ1) is 13.9. The van der Waals surface area contributed by atoms with Crippen LogP contribution in [0.5, 0.6) is 5.75 Å². The zero-order valence-corrected chi connectivity index (χ0v) is 16.2. The molecule has 0 fully saturated rings. The van der Waals surface area contributed by atoms with E-state index < -0.39 is 18.0 Å². The van der Waals surface area contributed by atoms with Gasteiger partial charge in [0.05, 0.1) is 37.1 Å². The van der Waals surface area contributed by atoms with Crippen LogP contribution < -0.4 is 20.7 Å². The smallest absolute Gasteiger partial charge is 0.337 e. The average Bonchev–Trinajstić information content (AvgIpc) is 2.73. The molecular formula is C21H21N3O5. The Bertz CT molecular complexity index is 982. The maximum absolute atomic E-state index is 13.1. The lowest BCUT2D eigenvalue weighted by Crippen LogP contribution is -2.46. The van der Waals surface area contributed by atoms with Crippen LogP contribution in [-0.2, 0) is 9.53 Å². The zero-order chi connectivity index (χ0) is 21.0. The van der Waals surface area contributed by atoms with Crippen molar-refractivity contribution in [1.29, 1.82) is 0 Å². The van der Waals surface area contributed by atoms with E-state index in [1.165, 1.54) is 14.2 Å². The van der Waals surface area contributed by atoms with Gasteiger partial charge in [0.25, 0.3) is 5.91 Å². The van der Waals surface area contributed by atoms with E-state index in [2.05, 4.69) is 16.0 Å². The van der Waals surface area contributed by atoms with Gasteiger partial charge in [-0.2, -0.15) is 0 Å². The number of para-hydroxylation sites is 2. The molecule has 0 spiro atoms. The molecule has 3 amide bonds. The van der Waals surface area contributed by atoms with Crippen molar-refractivity contribution < 1.29 is 23.9 Å². The lowest BCUT2D eigenvalue weighted by atomic mass is 9.94. The lowest BCUT2D eigenvalue weighted by molar-refractivity contribution is -0.113. The van der Waals surface area contributed by atoms with Gasteiger partial charge in [0.2, 0.25) is 0 Å². The molecule has 2 aromatic carbocycles. The third-order valence-electron chi connectivity index (χ3n) is 4.53. The van der Waals surface area contributed by atoms with Crippen molar-refractivity contribution in [3.8, 4) is 5.75 Å². The molecule has 150 valence electrons. The highest BCUT2D eigenvalue weighted by molar-refractivity contribution is 6.07. The first kappa shape index (κ1) is 19.9. The largest absolute Gasteiger partial charge is 0.495 e. The van der Waals surface area contributed by atoms with Crippen LogP contribution in [0.25, 0.3) is 0 Å². The summed E-state index contributed by atoms with van der Waals surface area (Å²) in [6.45, 7) is 1.66. The van der Waals surface area contributed by atoms with Crippen LogP contribution in [0, 0.1) is 0 Å². The molecule has 0 unspecified atom stereocenters. The summed E-state index contributed by atoms with van der Waals surface area (Å²) >= 11 is 0. The van der Waals surface area contributed by atoms with Crippen molar-refractivity contribution in [3.63, 3.8) is 0 Å². The predicted molar refractivity (Wildman–Crippen MR) is 107 cm³/mol. The van der Waals surface area contributed by atoms with Crippen molar-refractivity contribution in [2.45, 2.75) is 13.0 Å². The molecule has 1 aliphatic rings. The molecule has 1 aliphatic heterocycles. The van der Waals surface area contributed by atoms with Crippen molar-refractivity contribution in [2.24, 2.45) is 0 Å². The number of hydrogen-bond donors (Lipinski definition) is 3. The number of anilines is 1. The SMILES string of the molecule is COC(=O)c1ccc([C@H]2NC(=O)NC(C)=C2C(=O)Nc2ccccc2OC)cc1. The Balaban J connectivity index is 1.93. The maximum Gasteiger partial charge on any atom is 0.337 e. The predicted octanol–water partition coefficient (Wildman–Crippen LogP) is 2.75. The summed E-state index contributed by atoms with van der Waals surface area (Å²) in [5.74, 6) is -0.334. The van der Waals surface area contributed by atoms with Gasteiger partial charge in [-0.25, -0.2) is 9.59 Å². The fourth-order valence-electron chi connectivity index (χ4n) is 3.11. The molecule has 3 rings (SSSR count). The second-order valence-corrected chi connectivity index (χ2v) is 6.34. The molecule has 0 aromatic heterocycles. The third-order valence-corrected chi connectivity index (χ3v) is 4.53. The van der Waals surface area contributed by atoms with Gasteiger partial charge in [-0.05, 0) is 36.8 Å². The highest BCUT2D eigenvalue weighted by Crippen LogP contribution is 2.30. The molecule has 1 atom stereocenters. The Morgan fingerprint density at radius 2 is 1.72 bits per heavy atom. The van der Waals surface area contributed by atoms with Crippen LogP contribution in [0.4, 0.5) is 10.5 Å². The number of allylic oxidation sites excluding steroid dienone is 1. The Morgan fingerprint density at radius 3 is 2.38 bits per heavy atom. The van der Waals surface area contributed by atoms with Gasteiger partial charge in [-0.15, -0.1) is 0 Å². The molecule has 0 saturated heterocycles. The summed E-state index contributed by atoms with van der Waals surface area (Å²) in [5.41, 5.74) is 2.32. The molecule has 3 N–H and O–H groups in total. The number of esters is 1. The van der Waals surface area contributed by atoms with Crippen molar-refractivity contribution in [3.05, 3.63) is 70.9 Å². The summed E-state index contributed by atoms with van der Waals surface area (Å²) < 4.78 is 9.97. The number of methoxy groups -OCH3 is 2. The Hall–Kier alpha value is -3.81. The molecule has 8 nitrogen and oxygen atoms in total. The van der Waals surface area contributed by atoms with E-state index in [0.717, 1.165) is 0 Å². The summed E-state index contributed by atoms with van der Waals surface area (Å²) in [6.07, 6.45) is 0. The average molecular weight is 395 g/mol. The van der Waals surface area contributed by atoms with Gasteiger partial charge in [0, 0.05) is 5.70 Å². The first-order valence-corrected chi connectivity index (χ1v) is 8.85. The standard InChI is InChI=1S/C21H21N3O5/c1-12-17(19(25)23-15-6-4-5-7-16(15)28-2)18(24-21(27)22-12)13-8-10-14(11-9-13)20(26)29-3/h4-11,18H,1-3H3,(H,23,25)(H2,22,24,27)/t18-/m1/s1. The molecule has 0 bridgehead atoms. The second-order valence-electron chi connectivity index (χ2n) is 6.34. The quantitative estimate of drug-likeness (QED) is 0.675. The molecular weight excluding hydrogens is 374 g/mol. The van der Waals surface area contributed by atoms with E-state index in [9.17, 15) is 14.4 Å². The monoisotopic (exact) mass is 395 g/mol. The van der Waals surface area contributed by atoms with Gasteiger partial charge >= 0.3 is 12.0 Å². The second kappa shape index (κ2) is 8.47. The van der Waals surface area contributed by atoms with Crippen LogP contribution >= 0.6 is 0 Å². The normalized spacial score (nSPS) is 15.8. The van der Waals surface area contributed by atoms with Gasteiger partial charge < -0.3 is 25.4 Å². The number of rotatable bonds is 5. The molecule has 0 radical (unpaired) electrons. The number of urea groups is 1. The van der Waals surface area contributed by atoms with Gasteiger partial charge in [0.1, 0.15) is 5.75 Å². The Morgan fingerprint density at radius 1 is 1.03 bits per heavy atom. The van der Waals surface area contributed by atoms with E-state index in [1.807, 2.05) is 0 Å². The van der Waals surface area contributed by atoms with Crippen LogP contribution in [0.3, 0.4) is 0 Å². The lowest BCUT2D eigenvalue weighted by Gasteiger charge is -2.29. The van der Waals surface area contributed by atoms with E-state index in [-0.39, 0.29) is 5.91 Å². The molecule has 2 aromatic rings. The topological polar surface area (TPSA) is 106 Å². The van der Waals surface area contributed by atoms with Crippen LogP contribution in [-0.4, -0.2) is 32.1 Å². The van der Waals surface area contributed by atoms with Crippen molar-refractivity contribution >= 4 is 23.6 Å². The number of ether oxygens (including phenoxy) is 2. The molecule has 0 aliphatic carbocycles. The highest BCUT2D eigenvalue weighted by atomic mass is 16.5. The van der Waals surface area contributed by atoms with Gasteiger partial charge in [-0.1, -0.05) is 24.3 Å². The molecule has 1 heterocycles. The third kappa shape index (κ3) is 4.21. The van der Waals surface area contributed by atoms with E-state index in [0.29, 0.717) is 33.8 Å². The molecule has 8 heteroatoms. The van der Waals surface area contributed by atoms with Crippen LogP contribution in [0.15, 0.2) is 59.8 Å². The van der Waals surface area contributed by atoms with E-state index in [4.69, 9.17) is 9.47 Å². The summed E-state index contributed by atoms with van der Waals surface area (Å²) in [4.78, 5) is 36.7. The fraction of sp³-hybridized carbons (Fsp3) is 0.190. The van der Waals surface area contributed by atoms with Crippen molar-refractivity contribution in [2.75, 3.05) is 19.5 Å². The summed E-state index contributed by atoms with van der Waals surface area (Å²) in [7, 11) is 2.82. The minimum Gasteiger partial charge on any atom is -0.495 e. The summed E-state index contributed by atoms with van der Waals surface area (Å²) in [6, 6.07) is 12.4.